The molecule has 1 N–H and O–H groups in total. The third kappa shape index (κ3) is 1.89. The van der Waals surface area contributed by atoms with Crippen molar-refractivity contribution in [3.63, 3.8) is 0 Å². The van der Waals surface area contributed by atoms with Gasteiger partial charge in [-0.1, -0.05) is 0 Å². The van der Waals surface area contributed by atoms with Crippen LogP contribution in [-0.4, -0.2) is 19.8 Å². The fourth-order valence-electron chi connectivity index (χ4n) is 1.06. The largest absolute Gasteiger partial charge is 0.383 e. The van der Waals surface area contributed by atoms with Gasteiger partial charge in [0.2, 0.25) is 0 Å². The van der Waals surface area contributed by atoms with Crippen LogP contribution in [0.4, 0.5) is 0 Å². The first-order valence-corrected chi connectivity index (χ1v) is 3.52. The van der Waals surface area contributed by atoms with Crippen LogP contribution in [0.2, 0.25) is 0 Å². The maximum absolute atomic E-state index is 8.32. The van der Waals surface area contributed by atoms with E-state index in [2.05, 4.69) is 5.32 Å². The highest BCUT2D eigenvalue weighted by molar-refractivity contribution is 4.89. The topological polar surface area (TPSA) is 45.0 Å². The van der Waals surface area contributed by atoms with Crippen molar-refractivity contribution >= 4 is 0 Å². The summed E-state index contributed by atoms with van der Waals surface area (Å²) in [7, 11) is 1.66. The second-order valence-corrected chi connectivity index (χ2v) is 2.66. The van der Waals surface area contributed by atoms with Gasteiger partial charge in [-0.15, -0.1) is 0 Å². The molecule has 0 amide bonds. The molecule has 0 aromatic carbocycles. The average Bonchev–Trinajstić information content (AvgIpc) is 2.69. The third-order valence-corrected chi connectivity index (χ3v) is 1.79. The maximum atomic E-state index is 8.32. The van der Waals surface area contributed by atoms with Crippen molar-refractivity contribution in [3.05, 3.63) is 0 Å². The van der Waals surface area contributed by atoms with E-state index in [1.807, 2.05) is 6.19 Å². The minimum atomic E-state index is 0.259. The monoisotopic (exact) mass is 140 g/mol. The zero-order chi connectivity index (χ0) is 7.40. The van der Waals surface area contributed by atoms with Gasteiger partial charge in [0, 0.05) is 7.11 Å². The molecular formula is C7H12N2O. The molecule has 0 heterocycles. The predicted molar refractivity (Wildman–Crippen MR) is 37.1 cm³/mol. The molecule has 1 atom stereocenters. The van der Waals surface area contributed by atoms with Crippen molar-refractivity contribution in [2.75, 3.05) is 13.7 Å². The van der Waals surface area contributed by atoms with E-state index in [0.29, 0.717) is 12.5 Å². The molecule has 3 heteroatoms. The molecule has 1 unspecified atom stereocenters. The van der Waals surface area contributed by atoms with Crippen LogP contribution in [0.3, 0.4) is 0 Å². The molecule has 1 saturated carbocycles. The van der Waals surface area contributed by atoms with Gasteiger partial charge >= 0.3 is 0 Å². The fraction of sp³-hybridized carbons (Fsp3) is 0.857. The molecule has 3 nitrogen and oxygen atoms in total. The second kappa shape index (κ2) is 3.43. The number of rotatable bonds is 4. The Hall–Kier alpha value is -0.750. The van der Waals surface area contributed by atoms with Crippen LogP contribution >= 0.6 is 0 Å². The van der Waals surface area contributed by atoms with Crippen molar-refractivity contribution in [2.24, 2.45) is 5.92 Å². The third-order valence-electron chi connectivity index (χ3n) is 1.79. The summed E-state index contributed by atoms with van der Waals surface area (Å²) in [6.45, 7) is 0.651. The Morgan fingerprint density at radius 1 is 1.80 bits per heavy atom. The van der Waals surface area contributed by atoms with Crippen LogP contribution in [0.25, 0.3) is 0 Å². The predicted octanol–water partition coefficient (Wildman–Crippen LogP) is 0.482. The van der Waals surface area contributed by atoms with Gasteiger partial charge in [-0.3, -0.25) is 0 Å². The van der Waals surface area contributed by atoms with Gasteiger partial charge in [-0.2, -0.15) is 5.26 Å². The number of nitriles is 1. The summed E-state index contributed by atoms with van der Waals surface area (Å²) in [5.41, 5.74) is 0. The van der Waals surface area contributed by atoms with Crippen molar-refractivity contribution in [3.8, 4) is 6.19 Å². The lowest BCUT2D eigenvalue weighted by Crippen LogP contribution is -2.31. The quantitative estimate of drug-likeness (QED) is 0.456. The molecule has 1 aliphatic rings. The van der Waals surface area contributed by atoms with Crippen LogP contribution in [0.1, 0.15) is 12.8 Å². The molecule has 0 saturated heterocycles. The molecule has 1 rings (SSSR count). The molecule has 0 aliphatic heterocycles. The van der Waals surface area contributed by atoms with Crippen molar-refractivity contribution in [2.45, 2.75) is 18.9 Å². The molecular weight excluding hydrogens is 128 g/mol. The van der Waals surface area contributed by atoms with E-state index >= 15 is 0 Å². The highest BCUT2D eigenvalue weighted by Gasteiger charge is 2.30. The highest BCUT2D eigenvalue weighted by Crippen LogP contribution is 2.32. The van der Waals surface area contributed by atoms with Gasteiger partial charge in [0.25, 0.3) is 0 Å². The molecule has 0 spiro atoms. The van der Waals surface area contributed by atoms with E-state index in [0.717, 1.165) is 0 Å². The lowest BCUT2D eigenvalue weighted by atomic mass is 10.2. The Kier molecular flexibility index (Phi) is 2.52. The van der Waals surface area contributed by atoms with Crippen LogP contribution < -0.4 is 5.32 Å². The van der Waals surface area contributed by atoms with E-state index < -0.39 is 0 Å². The standard InChI is InChI=1S/C7H12N2O/c1-10-4-7(9-5-8)6-2-3-6/h6-7,9H,2-4H2,1H3. The van der Waals surface area contributed by atoms with Crippen LogP contribution in [0.15, 0.2) is 0 Å². The molecule has 10 heavy (non-hydrogen) atoms. The lowest BCUT2D eigenvalue weighted by Gasteiger charge is -2.11. The van der Waals surface area contributed by atoms with Crippen LogP contribution in [0, 0.1) is 17.4 Å². The van der Waals surface area contributed by atoms with Crippen molar-refractivity contribution < 1.29 is 4.74 Å². The smallest absolute Gasteiger partial charge is 0.176 e. The Bertz CT molecular complexity index is 137. The number of hydrogen-bond donors (Lipinski definition) is 1. The van der Waals surface area contributed by atoms with Gasteiger partial charge in [0.05, 0.1) is 12.6 Å². The van der Waals surface area contributed by atoms with Gasteiger partial charge < -0.3 is 10.1 Å². The number of nitrogens with one attached hydrogen (secondary N) is 1. The number of hydrogen-bond acceptors (Lipinski definition) is 3. The molecule has 56 valence electrons. The van der Waals surface area contributed by atoms with Crippen molar-refractivity contribution in [1.82, 2.24) is 5.32 Å². The summed E-state index contributed by atoms with van der Waals surface area (Å²) in [6, 6.07) is 0.259. The van der Waals surface area contributed by atoms with Gasteiger partial charge in [-0.05, 0) is 18.8 Å². The minimum absolute atomic E-state index is 0.259. The van der Waals surface area contributed by atoms with Crippen LogP contribution in [0.5, 0.6) is 0 Å². The number of ether oxygens (including phenoxy) is 1. The fourth-order valence-corrected chi connectivity index (χ4v) is 1.06. The summed E-state index contributed by atoms with van der Waals surface area (Å²) in [5, 5.41) is 11.0. The normalized spacial score (nSPS) is 19.6. The van der Waals surface area contributed by atoms with Crippen LogP contribution in [-0.2, 0) is 4.74 Å². The SMILES string of the molecule is COCC(NC#N)C1CC1. The summed E-state index contributed by atoms with van der Waals surface area (Å²) in [5.74, 6) is 0.680. The minimum Gasteiger partial charge on any atom is -0.383 e. The Balaban J connectivity index is 2.21. The summed E-state index contributed by atoms with van der Waals surface area (Å²) in [4.78, 5) is 0. The number of nitrogens with zero attached hydrogens (tertiary/aromatic N) is 1. The van der Waals surface area contributed by atoms with Crippen molar-refractivity contribution in [1.29, 1.82) is 5.26 Å². The first kappa shape index (κ1) is 7.36. The summed E-state index contributed by atoms with van der Waals surface area (Å²) in [6.07, 6.45) is 4.42. The zero-order valence-corrected chi connectivity index (χ0v) is 6.13. The van der Waals surface area contributed by atoms with E-state index in [1.54, 1.807) is 7.11 Å². The first-order valence-electron chi connectivity index (χ1n) is 3.52. The van der Waals surface area contributed by atoms with Gasteiger partial charge in [0.15, 0.2) is 6.19 Å². The molecule has 1 fully saturated rings. The second-order valence-electron chi connectivity index (χ2n) is 2.66. The van der Waals surface area contributed by atoms with E-state index in [-0.39, 0.29) is 6.04 Å². The Morgan fingerprint density at radius 3 is 2.90 bits per heavy atom. The molecule has 1 aliphatic carbocycles. The molecule has 0 aromatic rings. The van der Waals surface area contributed by atoms with E-state index in [9.17, 15) is 0 Å². The van der Waals surface area contributed by atoms with Gasteiger partial charge in [-0.25, -0.2) is 0 Å². The summed E-state index contributed by atoms with van der Waals surface area (Å²) < 4.78 is 4.94. The molecule has 0 aromatic heterocycles. The average molecular weight is 140 g/mol. The maximum Gasteiger partial charge on any atom is 0.176 e. The summed E-state index contributed by atoms with van der Waals surface area (Å²) >= 11 is 0. The lowest BCUT2D eigenvalue weighted by molar-refractivity contribution is 0.164. The first-order chi connectivity index (χ1) is 4.88. The highest BCUT2D eigenvalue weighted by atomic mass is 16.5. The van der Waals surface area contributed by atoms with Gasteiger partial charge in [0.1, 0.15) is 0 Å². The molecule has 0 radical (unpaired) electrons. The number of methoxy groups -OCH3 is 1. The Morgan fingerprint density at radius 2 is 2.50 bits per heavy atom. The van der Waals surface area contributed by atoms with E-state index in [1.165, 1.54) is 12.8 Å². The van der Waals surface area contributed by atoms with E-state index in [4.69, 9.17) is 10.00 Å². The zero-order valence-electron chi connectivity index (χ0n) is 6.13. The Labute approximate surface area is 61.0 Å². The molecule has 0 bridgehead atoms.